The molecule has 2 unspecified atom stereocenters. The molecule has 102 valence electrons. The predicted molar refractivity (Wildman–Crippen MR) is 67.0 cm³/mol. The van der Waals surface area contributed by atoms with Crippen molar-refractivity contribution in [2.75, 3.05) is 6.54 Å². The molecule has 18 heavy (non-hydrogen) atoms. The van der Waals surface area contributed by atoms with Gasteiger partial charge in [-0.1, -0.05) is 6.08 Å². The van der Waals surface area contributed by atoms with Crippen molar-refractivity contribution < 1.29 is 19.1 Å². The van der Waals surface area contributed by atoms with Crippen LogP contribution in [0.1, 0.15) is 33.6 Å². The second-order valence-corrected chi connectivity index (χ2v) is 5.40. The number of rotatable bonds is 4. The van der Waals surface area contributed by atoms with Gasteiger partial charge in [0.2, 0.25) is 0 Å². The van der Waals surface area contributed by atoms with Gasteiger partial charge in [0.25, 0.3) is 0 Å². The molecule has 0 radical (unpaired) electrons. The summed E-state index contributed by atoms with van der Waals surface area (Å²) in [5.74, 6) is -0.348. The maximum absolute atomic E-state index is 11.4. The van der Waals surface area contributed by atoms with Crippen LogP contribution in [0.5, 0.6) is 0 Å². The van der Waals surface area contributed by atoms with Gasteiger partial charge in [0.05, 0.1) is 12.5 Å². The van der Waals surface area contributed by atoms with E-state index in [-0.39, 0.29) is 24.5 Å². The highest BCUT2D eigenvalue weighted by molar-refractivity contribution is 5.75. The van der Waals surface area contributed by atoms with Gasteiger partial charge in [-0.05, 0) is 33.6 Å². The number of cyclic esters (lactones) is 1. The molecule has 1 aliphatic heterocycles. The maximum atomic E-state index is 11.4. The lowest BCUT2D eigenvalue weighted by Crippen LogP contribution is -2.36. The fourth-order valence-electron chi connectivity index (χ4n) is 1.75. The van der Waals surface area contributed by atoms with Crippen LogP contribution in [-0.4, -0.2) is 30.3 Å². The average Bonchev–Trinajstić information content (AvgIpc) is 2.55. The van der Waals surface area contributed by atoms with E-state index in [2.05, 4.69) is 11.9 Å². The quantitative estimate of drug-likeness (QED) is 0.616. The molecule has 0 aliphatic carbocycles. The Labute approximate surface area is 108 Å². The fourth-order valence-corrected chi connectivity index (χ4v) is 1.75. The minimum absolute atomic E-state index is 0.132. The molecule has 1 rings (SSSR count). The first-order valence-corrected chi connectivity index (χ1v) is 6.10. The monoisotopic (exact) mass is 255 g/mol. The summed E-state index contributed by atoms with van der Waals surface area (Å²) in [6, 6.07) is 0. The van der Waals surface area contributed by atoms with Crippen LogP contribution in [0.2, 0.25) is 0 Å². The van der Waals surface area contributed by atoms with Gasteiger partial charge in [-0.25, -0.2) is 4.79 Å². The van der Waals surface area contributed by atoms with Crippen molar-refractivity contribution in [1.29, 1.82) is 0 Å². The third-order valence-electron chi connectivity index (χ3n) is 2.49. The molecule has 0 aromatic heterocycles. The summed E-state index contributed by atoms with van der Waals surface area (Å²) < 4.78 is 10.2. The van der Waals surface area contributed by atoms with E-state index in [0.29, 0.717) is 12.8 Å². The number of hydrogen-bond acceptors (Lipinski definition) is 4. The Morgan fingerprint density at radius 1 is 1.61 bits per heavy atom. The van der Waals surface area contributed by atoms with Crippen molar-refractivity contribution in [3.63, 3.8) is 0 Å². The SMILES string of the molecule is C=CCC1CC(CNC(=O)OC(C)(C)C)OC1=O. The van der Waals surface area contributed by atoms with Gasteiger partial charge in [0, 0.05) is 0 Å². The molecule has 5 nitrogen and oxygen atoms in total. The zero-order chi connectivity index (χ0) is 13.8. The molecule has 1 aliphatic rings. The molecular weight excluding hydrogens is 234 g/mol. The van der Waals surface area contributed by atoms with E-state index in [9.17, 15) is 9.59 Å². The minimum Gasteiger partial charge on any atom is -0.460 e. The van der Waals surface area contributed by atoms with E-state index in [0.717, 1.165) is 0 Å². The Hall–Kier alpha value is -1.52. The van der Waals surface area contributed by atoms with Crippen LogP contribution >= 0.6 is 0 Å². The molecule has 1 heterocycles. The van der Waals surface area contributed by atoms with Crippen molar-refractivity contribution in [3.8, 4) is 0 Å². The molecule has 2 atom stereocenters. The summed E-state index contributed by atoms with van der Waals surface area (Å²) in [7, 11) is 0. The number of alkyl carbamates (subject to hydrolysis) is 1. The summed E-state index contributed by atoms with van der Waals surface area (Å²) >= 11 is 0. The molecule has 1 amide bonds. The molecule has 0 aromatic carbocycles. The number of esters is 1. The van der Waals surface area contributed by atoms with Gasteiger partial charge < -0.3 is 14.8 Å². The summed E-state index contributed by atoms with van der Waals surface area (Å²) in [5, 5.41) is 2.60. The van der Waals surface area contributed by atoms with Crippen LogP contribution in [0.15, 0.2) is 12.7 Å². The van der Waals surface area contributed by atoms with Gasteiger partial charge in [-0.2, -0.15) is 0 Å². The Morgan fingerprint density at radius 3 is 2.83 bits per heavy atom. The fraction of sp³-hybridized carbons (Fsp3) is 0.692. The van der Waals surface area contributed by atoms with Gasteiger partial charge in [-0.15, -0.1) is 6.58 Å². The van der Waals surface area contributed by atoms with E-state index in [1.54, 1.807) is 26.8 Å². The molecule has 0 saturated carbocycles. The first kappa shape index (κ1) is 14.5. The average molecular weight is 255 g/mol. The topological polar surface area (TPSA) is 64.6 Å². The van der Waals surface area contributed by atoms with Crippen LogP contribution in [0.3, 0.4) is 0 Å². The summed E-state index contributed by atoms with van der Waals surface area (Å²) in [6.45, 7) is 9.27. The number of nitrogens with one attached hydrogen (secondary N) is 1. The highest BCUT2D eigenvalue weighted by Gasteiger charge is 2.33. The molecule has 0 spiro atoms. The molecule has 1 saturated heterocycles. The highest BCUT2D eigenvalue weighted by atomic mass is 16.6. The highest BCUT2D eigenvalue weighted by Crippen LogP contribution is 2.23. The Balaban J connectivity index is 2.31. The summed E-state index contributed by atoms with van der Waals surface area (Å²) in [6.07, 6.45) is 2.17. The molecule has 5 heteroatoms. The van der Waals surface area contributed by atoms with Crippen molar-refractivity contribution in [2.24, 2.45) is 5.92 Å². The van der Waals surface area contributed by atoms with Crippen LogP contribution in [0.4, 0.5) is 4.79 Å². The number of amides is 1. The van der Waals surface area contributed by atoms with E-state index < -0.39 is 11.7 Å². The Bertz CT molecular complexity index is 332. The van der Waals surface area contributed by atoms with Crippen molar-refractivity contribution in [1.82, 2.24) is 5.32 Å². The first-order chi connectivity index (χ1) is 8.31. The molecule has 1 N–H and O–H groups in total. The third-order valence-corrected chi connectivity index (χ3v) is 2.49. The van der Waals surface area contributed by atoms with Crippen LogP contribution in [-0.2, 0) is 14.3 Å². The van der Waals surface area contributed by atoms with Gasteiger partial charge >= 0.3 is 12.1 Å². The Kier molecular flexibility index (Phi) is 4.76. The number of carbonyl (C=O) groups excluding carboxylic acids is 2. The normalized spacial score (nSPS) is 23.4. The van der Waals surface area contributed by atoms with E-state index in [1.165, 1.54) is 0 Å². The smallest absolute Gasteiger partial charge is 0.407 e. The number of allylic oxidation sites excluding steroid dienone is 1. The molecule has 0 bridgehead atoms. The van der Waals surface area contributed by atoms with Crippen LogP contribution in [0.25, 0.3) is 0 Å². The lowest BCUT2D eigenvalue weighted by molar-refractivity contribution is -0.144. The summed E-state index contributed by atoms with van der Waals surface area (Å²) in [4.78, 5) is 22.8. The first-order valence-electron chi connectivity index (χ1n) is 6.10. The second kappa shape index (κ2) is 5.89. The van der Waals surface area contributed by atoms with Crippen LogP contribution < -0.4 is 5.32 Å². The predicted octanol–water partition coefficient (Wildman–Crippen LogP) is 2.02. The largest absolute Gasteiger partial charge is 0.460 e. The van der Waals surface area contributed by atoms with Crippen molar-refractivity contribution in [2.45, 2.75) is 45.3 Å². The van der Waals surface area contributed by atoms with Crippen molar-refractivity contribution >= 4 is 12.1 Å². The standard InChI is InChI=1S/C13H21NO4/c1-5-6-9-7-10(17-11(9)15)8-14-12(16)18-13(2,3)4/h5,9-10H,1,6-8H2,2-4H3,(H,14,16). The molecular formula is C13H21NO4. The number of carbonyl (C=O) groups is 2. The Morgan fingerprint density at radius 2 is 2.28 bits per heavy atom. The van der Waals surface area contributed by atoms with E-state index in [4.69, 9.17) is 9.47 Å². The number of ether oxygens (including phenoxy) is 2. The van der Waals surface area contributed by atoms with E-state index >= 15 is 0 Å². The molecule has 0 aromatic rings. The zero-order valence-electron chi connectivity index (χ0n) is 11.2. The van der Waals surface area contributed by atoms with Crippen molar-refractivity contribution in [3.05, 3.63) is 12.7 Å². The number of hydrogen-bond donors (Lipinski definition) is 1. The summed E-state index contributed by atoms with van der Waals surface area (Å²) in [5.41, 5.74) is -0.526. The maximum Gasteiger partial charge on any atom is 0.407 e. The lowest BCUT2D eigenvalue weighted by atomic mass is 10.0. The lowest BCUT2D eigenvalue weighted by Gasteiger charge is -2.20. The van der Waals surface area contributed by atoms with Gasteiger partial charge in [0.15, 0.2) is 0 Å². The molecule has 1 fully saturated rings. The third kappa shape index (κ3) is 4.77. The van der Waals surface area contributed by atoms with E-state index in [1.807, 2.05) is 0 Å². The van der Waals surface area contributed by atoms with Crippen LogP contribution in [0, 0.1) is 5.92 Å². The second-order valence-electron chi connectivity index (χ2n) is 5.40. The zero-order valence-corrected chi connectivity index (χ0v) is 11.2. The van der Waals surface area contributed by atoms with Gasteiger partial charge in [0.1, 0.15) is 11.7 Å². The minimum atomic E-state index is -0.526. The van der Waals surface area contributed by atoms with Gasteiger partial charge in [-0.3, -0.25) is 4.79 Å².